The van der Waals surface area contributed by atoms with Gasteiger partial charge in [0.2, 0.25) is 5.91 Å². The van der Waals surface area contributed by atoms with E-state index in [-0.39, 0.29) is 18.1 Å². The van der Waals surface area contributed by atoms with Crippen LogP contribution in [0.1, 0.15) is 57.8 Å². The van der Waals surface area contributed by atoms with Crippen LogP contribution in [0, 0.1) is 17.8 Å². The Hall–Kier alpha value is -0.740. The van der Waals surface area contributed by atoms with E-state index in [1.165, 1.54) is 38.5 Å². The molecule has 9 heteroatoms. The molecule has 5 fully saturated rings. The zero-order chi connectivity index (χ0) is 20.7. The van der Waals surface area contributed by atoms with Gasteiger partial charge in [-0.1, -0.05) is 0 Å². The Morgan fingerprint density at radius 3 is 2.40 bits per heavy atom. The van der Waals surface area contributed by atoms with Gasteiger partial charge in [-0.25, -0.2) is 18.9 Å². The molecule has 2 aliphatic carbocycles. The molecular formula is C21H37N5O3S. The molecule has 8 nitrogen and oxygen atoms in total. The molecule has 5 aliphatic rings. The van der Waals surface area contributed by atoms with Gasteiger partial charge in [0.1, 0.15) is 6.29 Å². The van der Waals surface area contributed by atoms with E-state index in [0.29, 0.717) is 48.6 Å². The highest BCUT2D eigenvalue weighted by Crippen LogP contribution is 2.38. The Balaban J connectivity index is 1.10. The molecule has 3 heterocycles. The number of sulfone groups is 1. The number of hydrogen-bond donors (Lipinski definition) is 3. The van der Waals surface area contributed by atoms with E-state index in [4.69, 9.17) is 0 Å². The Bertz CT molecular complexity index is 721. The smallest absolute Gasteiger partial charge is 0.225 e. The number of carbonyl (C=O) groups excluding carboxylic acids is 1. The zero-order valence-corrected chi connectivity index (χ0v) is 18.7. The number of nitrogens with zero attached hydrogens (tertiary/aromatic N) is 2. The summed E-state index contributed by atoms with van der Waals surface area (Å²) in [6.45, 7) is 2.49. The molecule has 30 heavy (non-hydrogen) atoms. The maximum Gasteiger partial charge on any atom is 0.225 e. The molecule has 3 unspecified atom stereocenters. The van der Waals surface area contributed by atoms with Crippen LogP contribution in [0.2, 0.25) is 0 Å². The molecule has 2 saturated carbocycles. The predicted molar refractivity (Wildman–Crippen MR) is 115 cm³/mol. The van der Waals surface area contributed by atoms with Crippen LogP contribution in [0.4, 0.5) is 0 Å². The second kappa shape index (κ2) is 8.65. The number of fused-ring (bicyclic) bond motifs is 1. The highest BCUT2D eigenvalue weighted by molar-refractivity contribution is 7.91. The first-order valence-electron chi connectivity index (χ1n) is 12.0. The third-order valence-electron chi connectivity index (χ3n) is 7.93. The molecule has 3 saturated heterocycles. The number of rotatable bonds is 5. The van der Waals surface area contributed by atoms with E-state index in [1.54, 1.807) is 0 Å². The normalized spacial score (nSPS) is 40.1. The molecule has 1 amide bonds. The second-order valence-electron chi connectivity index (χ2n) is 10.2. The van der Waals surface area contributed by atoms with Gasteiger partial charge in [0.25, 0.3) is 0 Å². The number of amides is 1. The lowest BCUT2D eigenvalue weighted by atomic mass is 9.76. The highest BCUT2D eigenvalue weighted by atomic mass is 32.2. The molecule has 0 bridgehead atoms. The molecule has 3 aliphatic heterocycles. The highest BCUT2D eigenvalue weighted by Gasteiger charge is 2.43. The number of hydrazine groups is 1. The average Bonchev–Trinajstić information content (AvgIpc) is 3.50. The molecule has 0 spiro atoms. The van der Waals surface area contributed by atoms with Crippen LogP contribution >= 0.6 is 0 Å². The SMILES string of the molecule is O=C(NC1NC2CCCC(C3CCC(CN4CCS(=O)(=O)CC4)CC3)N2N1)C1CC1. The Kier molecular flexibility index (Phi) is 6.09. The second-order valence-corrected chi connectivity index (χ2v) is 12.5. The summed E-state index contributed by atoms with van der Waals surface area (Å²) in [6, 6.07) is 0.542. The van der Waals surface area contributed by atoms with Crippen molar-refractivity contribution in [3.63, 3.8) is 0 Å². The van der Waals surface area contributed by atoms with Gasteiger partial charge < -0.3 is 10.2 Å². The molecule has 5 rings (SSSR count). The first kappa shape index (κ1) is 21.1. The first-order valence-corrected chi connectivity index (χ1v) is 13.8. The van der Waals surface area contributed by atoms with Crippen molar-refractivity contribution in [3.05, 3.63) is 0 Å². The fourth-order valence-corrected chi connectivity index (χ4v) is 7.23. The first-order chi connectivity index (χ1) is 14.5. The van der Waals surface area contributed by atoms with E-state index < -0.39 is 9.84 Å². The molecule has 0 aromatic rings. The van der Waals surface area contributed by atoms with Gasteiger partial charge >= 0.3 is 0 Å². The van der Waals surface area contributed by atoms with Crippen molar-refractivity contribution < 1.29 is 13.2 Å². The van der Waals surface area contributed by atoms with E-state index in [9.17, 15) is 13.2 Å². The van der Waals surface area contributed by atoms with Gasteiger partial charge in [-0.15, -0.1) is 0 Å². The molecule has 0 aromatic carbocycles. The van der Waals surface area contributed by atoms with Gasteiger partial charge in [0, 0.05) is 31.6 Å². The minimum Gasteiger partial charge on any atom is -0.327 e. The minimum atomic E-state index is -2.79. The maximum absolute atomic E-state index is 12.1. The van der Waals surface area contributed by atoms with Crippen molar-refractivity contribution in [2.75, 3.05) is 31.1 Å². The summed E-state index contributed by atoms with van der Waals surface area (Å²) in [5, 5.41) is 9.12. The van der Waals surface area contributed by atoms with Crippen LogP contribution in [0.3, 0.4) is 0 Å². The van der Waals surface area contributed by atoms with Gasteiger partial charge in [0.15, 0.2) is 9.84 Å². The molecular weight excluding hydrogens is 402 g/mol. The molecule has 170 valence electrons. The summed E-state index contributed by atoms with van der Waals surface area (Å²) < 4.78 is 23.3. The van der Waals surface area contributed by atoms with Gasteiger partial charge in [-0.2, -0.15) is 0 Å². The largest absolute Gasteiger partial charge is 0.327 e. The van der Waals surface area contributed by atoms with Crippen LogP contribution in [-0.4, -0.2) is 73.9 Å². The van der Waals surface area contributed by atoms with Crippen LogP contribution in [0.15, 0.2) is 0 Å². The van der Waals surface area contributed by atoms with Crippen molar-refractivity contribution in [1.29, 1.82) is 0 Å². The van der Waals surface area contributed by atoms with E-state index >= 15 is 0 Å². The van der Waals surface area contributed by atoms with Crippen LogP contribution in [-0.2, 0) is 14.6 Å². The fraction of sp³-hybridized carbons (Fsp3) is 0.952. The van der Waals surface area contributed by atoms with Crippen molar-refractivity contribution in [3.8, 4) is 0 Å². The third kappa shape index (κ3) is 4.85. The maximum atomic E-state index is 12.1. The standard InChI is InChI=1S/C21H37N5O3S/c27-20(17-8-9-17)23-21-22-19-3-1-2-18(26(19)24-21)16-6-4-15(5-7-16)14-25-10-12-30(28,29)13-11-25/h15-19,21-22,24H,1-14H2,(H,23,27). The minimum absolute atomic E-state index is 0.129. The monoisotopic (exact) mass is 439 g/mol. The van der Waals surface area contributed by atoms with Crippen LogP contribution in [0.5, 0.6) is 0 Å². The summed E-state index contributed by atoms with van der Waals surface area (Å²) in [6.07, 6.45) is 10.9. The van der Waals surface area contributed by atoms with Crippen molar-refractivity contribution in [2.45, 2.75) is 76.3 Å². The quantitative estimate of drug-likeness (QED) is 0.578. The molecule has 3 atom stereocenters. The molecule has 3 N–H and O–H groups in total. The number of hydrogen-bond acceptors (Lipinski definition) is 7. The van der Waals surface area contributed by atoms with Crippen LogP contribution in [0.25, 0.3) is 0 Å². The Morgan fingerprint density at radius 2 is 1.70 bits per heavy atom. The topological polar surface area (TPSA) is 93.8 Å². The Morgan fingerprint density at radius 1 is 0.967 bits per heavy atom. The summed E-state index contributed by atoms with van der Waals surface area (Å²) in [5.74, 6) is 2.49. The van der Waals surface area contributed by atoms with Gasteiger partial charge in [0.05, 0.1) is 17.7 Å². The number of piperidine rings is 1. The lowest BCUT2D eigenvalue weighted by Crippen LogP contribution is -2.55. The summed E-state index contributed by atoms with van der Waals surface area (Å²) in [5.41, 5.74) is 3.56. The van der Waals surface area contributed by atoms with Crippen LogP contribution < -0.4 is 16.1 Å². The summed E-state index contributed by atoms with van der Waals surface area (Å²) in [7, 11) is -2.79. The van der Waals surface area contributed by atoms with Crippen molar-refractivity contribution in [1.82, 2.24) is 26.0 Å². The van der Waals surface area contributed by atoms with E-state index in [1.807, 2.05) is 0 Å². The third-order valence-corrected chi connectivity index (χ3v) is 9.54. The average molecular weight is 440 g/mol. The van der Waals surface area contributed by atoms with E-state index in [0.717, 1.165) is 25.8 Å². The predicted octanol–water partition coefficient (Wildman–Crippen LogP) is 0.621. The van der Waals surface area contributed by atoms with Gasteiger partial charge in [-0.3, -0.25) is 10.1 Å². The zero-order valence-electron chi connectivity index (χ0n) is 17.9. The fourth-order valence-electron chi connectivity index (χ4n) is 5.95. The van der Waals surface area contributed by atoms with Gasteiger partial charge in [-0.05, 0) is 69.6 Å². The van der Waals surface area contributed by atoms with Crippen molar-refractivity contribution in [2.24, 2.45) is 17.8 Å². The lowest BCUT2D eigenvalue weighted by Gasteiger charge is -2.43. The van der Waals surface area contributed by atoms with E-state index in [2.05, 4.69) is 26.0 Å². The Labute approximate surface area is 180 Å². The lowest BCUT2D eigenvalue weighted by molar-refractivity contribution is -0.123. The number of carbonyl (C=O) groups is 1. The molecule has 0 aromatic heterocycles. The molecule has 0 radical (unpaired) electrons. The number of nitrogens with one attached hydrogen (secondary N) is 3. The summed E-state index contributed by atoms with van der Waals surface area (Å²) >= 11 is 0. The van der Waals surface area contributed by atoms with Crippen molar-refractivity contribution >= 4 is 15.7 Å². The summed E-state index contributed by atoms with van der Waals surface area (Å²) in [4.78, 5) is 14.5.